The van der Waals surface area contributed by atoms with Crippen LogP contribution in [0.15, 0.2) is 18.2 Å². The van der Waals surface area contributed by atoms with Gasteiger partial charge in [-0.25, -0.2) is 0 Å². The number of esters is 1. The molecule has 0 aliphatic carbocycles. The molecule has 19 heavy (non-hydrogen) atoms. The molecule has 1 N–H and O–H groups in total. The van der Waals surface area contributed by atoms with E-state index in [1.807, 2.05) is 32.9 Å². The minimum Gasteiger partial charge on any atom is -0.460 e. The standard InChI is InChI=1S/C15H19NO3/c1-15(2,3)19-14(18)7-13-12-5-4-10(9-17)6-11(12)8-16-13/h4-6,9,13,16H,7-8H2,1-3H3. The van der Waals surface area contributed by atoms with Gasteiger partial charge in [-0.15, -0.1) is 0 Å². The quantitative estimate of drug-likeness (QED) is 0.670. The van der Waals surface area contributed by atoms with E-state index >= 15 is 0 Å². The van der Waals surface area contributed by atoms with E-state index in [1.54, 1.807) is 6.07 Å². The van der Waals surface area contributed by atoms with Gasteiger partial charge in [0.1, 0.15) is 11.9 Å². The lowest BCUT2D eigenvalue weighted by molar-refractivity contribution is -0.155. The third kappa shape index (κ3) is 3.41. The van der Waals surface area contributed by atoms with Gasteiger partial charge in [0.05, 0.1) is 6.42 Å². The van der Waals surface area contributed by atoms with Crippen molar-refractivity contribution in [1.82, 2.24) is 5.32 Å². The molecule has 102 valence electrons. The lowest BCUT2D eigenvalue weighted by atomic mass is 10.0. The highest BCUT2D eigenvalue weighted by molar-refractivity contribution is 5.76. The number of rotatable bonds is 3. The van der Waals surface area contributed by atoms with E-state index in [0.717, 1.165) is 17.4 Å². The van der Waals surface area contributed by atoms with Crippen molar-refractivity contribution in [2.45, 2.75) is 45.4 Å². The number of benzene rings is 1. The third-order valence-corrected chi connectivity index (χ3v) is 3.01. The molecule has 1 aromatic carbocycles. The molecule has 0 fully saturated rings. The summed E-state index contributed by atoms with van der Waals surface area (Å²) in [5, 5.41) is 3.27. The summed E-state index contributed by atoms with van der Waals surface area (Å²) in [6, 6.07) is 5.53. The molecule has 1 aliphatic rings. The molecule has 0 saturated carbocycles. The van der Waals surface area contributed by atoms with Crippen LogP contribution in [0, 0.1) is 0 Å². The summed E-state index contributed by atoms with van der Waals surface area (Å²) >= 11 is 0. The Morgan fingerprint density at radius 1 is 1.47 bits per heavy atom. The molecular formula is C15H19NO3. The van der Waals surface area contributed by atoms with Crippen LogP contribution in [0.3, 0.4) is 0 Å². The highest BCUT2D eigenvalue weighted by Crippen LogP contribution is 2.29. The van der Waals surface area contributed by atoms with Crippen LogP contribution in [0.5, 0.6) is 0 Å². The second kappa shape index (κ2) is 5.13. The number of fused-ring (bicyclic) bond motifs is 1. The average molecular weight is 261 g/mol. The summed E-state index contributed by atoms with van der Waals surface area (Å²) in [5.74, 6) is -0.211. The van der Waals surface area contributed by atoms with Gasteiger partial charge in [-0.1, -0.05) is 12.1 Å². The van der Waals surface area contributed by atoms with Crippen LogP contribution >= 0.6 is 0 Å². The molecule has 0 spiro atoms. The first-order chi connectivity index (χ1) is 8.89. The maximum absolute atomic E-state index is 11.8. The van der Waals surface area contributed by atoms with Gasteiger partial charge >= 0.3 is 5.97 Å². The Bertz CT molecular complexity index is 503. The monoisotopic (exact) mass is 261 g/mol. The van der Waals surface area contributed by atoms with Crippen LogP contribution in [0.4, 0.5) is 0 Å². The molecule has 0 bridgehead atoms. The first kappa shape index (κ1) is 13.7. The molecule has 0 aromatic heterocycles. The predicted octanol–water partition coefficient (Wildman–Crippen LogP) is 2.38. The summed E-state index contributed by atoms with van der Waals surface area (Å²) in [6.07, 6.45) is 1.15. The minimum absolute atomic E-state index is 0.0226. The largest absolute Gasteiger partial charge is 0.460 e. The fraction of sp³-hybridized carbons (Fsp3) is 0.467. The Morgan fingerprint density at radius 3 is 2.84 bits per heavy atom. The Balaban J connectivity index is 2.06. The fourth-order valence-corrected chi connectivity index (χ4v) is 2.27. The van der Waals surface area contributed by atoms with Crippen molar-refractivity contribution in [3.05, 3.63) is 34.9 Å². The molecule has 1 aliphatic heterocycles. The van der Waals surface area contributed by atoms with Crippen LogP contribution in [0.2, 0.25) is 0 Å². The molecule has 1 heterocycles. The summed E-state index contributed by atoms with van der Waals surface area (Å²) in [7, 11) is 0. The normalized spacial score (nSPS) is 17.9. The van der Waals surface area contributed by atoms with Crippen molar-refractivity contribution >= 4 is 12.3 Å². The molecule has 4 heteroatoms. The fourth-order valence-electron chi connectivity index (χ4n) is 2.27. The number of ether oxygens (including phenoxy) is 1. The number of nitrogens with one attached hydrogen (secondary N) is 1. The second-order valence-corrected chi connectivity index (χ2v) is 5.80. The Morgan fingerprint density at radius 2 is 2.21 bits per heavy atom. The molecule has 0 amide bonds. The van der Waals surface area contributed by atoms with E-state index in [1.165, 1.54) is 0 Å². The molecule has 0 radical (unpaired) electrons. The lowest BCUT2D eigenvalue weighted by Crippen LogP contribution is -2.26. The lowest BCUT2D eigenvalue weighted by Gasteiger charge is -2.21. The number of hydrogen-bond donors (Lipinski definition) is 1. The molecule has 1 aromatic rings. The number of carbonyl (C=O) groups is 2. The van der Waals surface area contributed by atoms with E-state index < -0.39 is 5.60 Å². The van der Waals surface area contributed by atoms with Gasteiger partial charge in [0, 0.05) is 18.2 Å². The summed E-state index contributed by atoms with van der Waals surface area (Å²) < 4.78 is 5.32. The maximum atomic E-state index is 11.8. The minimum atomic E-state index is -0.458. The molecule has 2 rings (SSSR count). The van der Waals surface area contributed by atoms with E-state index in [9.17, 15) is 9.59 Å². The average Bonchev–Trinajstić information content (AvgIpc) is 2.69. The van der Waals surface area contributed by atoms with E-state index in [-0.39, 0.29) is 12.0 Å². The zero-order chi connectivity index (χ0) is 14.0. The van der Waals surface area contributed by atoms with Crippen LogP contribution in [-0.2, 0) is 16.1 Å². The maximum Gasteiger partial charge on any atom is 0.308 e. The van der Waals surface area contributed by atoms with Gasteiger partial charge in [0.15, 0.2) is 0 Å². The highest BCUT2D eigenvalue weighted by atomic mass is 16.6. The molecular weight excluding hydrogens is 242 g/mol. The van der Waals surface area contributed by atoms with Crippen molar-refractivity contribution in [3.63, 3.8) is 0 Å². The Hall–Kier alpha value is -1.68. The van der Waals surface area contributed by atoms with Crippen LogP contribution in [0.1, 0.15) is 54.7 Å². The molecule has 1 unspecified atom stereocenters. The van der Waals surface area contributed by atoms with Crippen molar-refractivity contribution in [2.24, 2.45) is 0 Å². The van der Waals surface area contributed by atoms with Crippen molar-refractivity contribution < 1.29 is 14.3 Å². The SMILES string of the molecule is CC(C)(C)OC(=O)CC1NCc2cc(C=O)ccc21. The zero-order valence-electron chi connectivity index (χ0n) is 11.5. The van der Waals surface area contributed by atoms with Crippen LogP contribution < -0.4 is 5.32 Å². The second-order valence-electron chi connectivity index (χ2n) is 5.80. The predicted molar refractivity (Wildman–Crippen MR) is 71.9 cm³/mol. The summed E-state index contributed by atoms with van der Waals surface area (Å²) in [5.41, 5.74) is 2.37. The van der Waals surface area contributed by atoms with E-state index in [0.29, 0.717) is 18.5 Å². The van der Waals surface area contributed by atoms with Crippen molar-refractivity contribution in [2.75, 3.05) is 0 Å². The first-order valence-electron chi connectivity index (χ1n) is 6.42. The topological polar surface area (TPSA) is 55.4 Å². The van der Waals surface area contributed by atoms with Gasteiger partial charge in [-0.2, -0.15) is 0 Å². The number of aldehydes is 1. The highest BCUT2D eigenvalue weighted by Gasteiger charge is 2.26. The van der Waals surface area contributed by atoms with E-state index in [2.05, 4.69) is 5.32 Å². The Kier molecular flexibility index (Phi) is 3.71. The van der Waals surface area contributed by atoms with Gasteiger partial charge in [-0.3, -0.25) is 9.59 Å². The number of hydrogen-bond acceptors (Lipinski definition) is 4. The van der Waals surface area contributed by atoms with Gasteiger partial charge in [0.25, 0.3) is 0 Å². The number of carbonyl (C=O) groups excluding carboxylic acids is 2. The summed E-state index contributed by atoms with van der Waals surface area (Å²) in [4.78, 5) is 22.6. The van der Waals surface area contributed by atoms with Gasteiger partial charge in [0.2, 0.25) is 0 Å². The van der Waals surface area contributed by atoms with Crippen molar-refractivity contribution in [1.29, 1.82) is 0 Å². The zero-order valence-corrected chi connectivity index (χ0v) is 11.5. The van der Waals surface area contributed by atoms with Gasteiger partial charge < -0.3 is 10.1 Å². The first-order valence-corrected chi connectivity index (χ1v) is 6.42. The third-order valence-electron chi connectivity index (χ3n) is 3.01. The smallest absolute Gasteiger partial charge is 0.308 e. The van der Waals surface area contributed by atoms with Crippen molar-refractivity contribution in [3.8, 4) is 0 Å². The molecule has 4 nitrogen and oxygen atoms in total. The van der Waals surface area contributed by atoms with Gasteiger partial charge in [-0.05, 0) is 38.0 Å². The Labute approximate surface area is 113 Å². The summed E-state index contributed by atoms with van der Waals surface area (Å²) in [6.45, 7) is 6.26. The molecule has 0 saturated heterocycles. The van der Waals surface area contributed by atoms with Crippen LogP contribution in [-0.4, -0.2) is 17.9 Å². The molecule has 1 atom stereocenters. The van der Waals surface area contributed by atoms with E-state index in [4.69, 9.17) is 4.74 Å². The van der Waals surface area contributed by atoms with Crippen LogP contribution in [0.25, 0.3) is 0 Å².